The van der Waals surface area contributed by atoms with Crippen molar-refractivity contribution in [2.75, 3.05) is 10.0 Å². The molecule has 13 heteroatoms. The first-order valence-electron chi connectivity index (χ1n) is 24.8. The molecule has 12 nitrogen and oxygen atoms in total. The standard InChI is InChI=1S/C55H73N7O5S/c1-8-9-10-11-12-13-14-15-16-17-18-19-20-24-41-25-23-26-44(36-41)67-49-34-31-43(37-47(49)54(64)56-40(4)52-59-58-51-38-50(55(5,6)7)60-62(51)52)57-53(63)46-27-21-22-28-48(46)61-68(65,66)45-32-29-42(30-33-45)35-39(2)3/h21-23,25-34,36-40,60-61H,8-20,24,35H2,1-7H3,(H,56,64)(H,57,63). The van der Waals surface area contributed by atoms with Crippen LogP contribution in [0.2, 0.25) is 0 Å². The van der Waals surface area contributed by atoms with Gasteiger partial charge < -0.3 is 15.4 Å². The summed E-state index contributed by atoms with van der Waals surface area (Å²) in [6, 6.07) is 27.4. The van der Waals surface area contributed by atoms with Crippen molar-refractivity contribution in [2.45, 2.75) is 161 Å². The Kier molecular flexibility index (Phi) is 18.4. The Morgan fingerprint density at radius 3 is 2.03 bits per heavy atom. The van der Waals surface area contributed by atoms with Gasteiger partial charge in [-0.25, -0.2) is 12.9 Å². The van der Waals surface area contributed by atoms with Gasteiger partial charge in [0.25, 0.3) is 21.8 Å². The minimum absolute atomic E-state index is 0.0867. The summed E-state index contributed by atoms with van der Waals surface area (Å²) in [6.45, 7) is 14.6. The lowest BCUT2D eigenvalue weighted by atomic mass is 9.93. The number of aromatic nitrogens is 4. The molecule has 6 rings (SSSR count). The number of H-pyrrole nitrogens is 1. The van der Waals surface area contributed by atoms with Gasteiger partial charge in [0.1, 0.15) is 11.5 Å². The maximum atomic E-state index is 14.4. The number of aryl methyl sites for hydroxylation is 1. The van der Waals surface area contributed by atoms with Crippen LogP contribution in [0.15, 0.2) is 102 Å². The molecule has 364 valence electrons. The second kappa shape index (κ2) is 24.4. The number of amides is 2. The summed E-state index contributed by atoms with van der Waals surface area (Å²) in [5.74, 6) is 0.793. The molecular formula is C55H73N7O5S. The van der Waals surface area contributed by atoms with Crippen LogP contribution in [0.5, 0.6) is 11.5 Å². The summed E-state index contributed by atoms with van der Waals surface area (Å²) in [7, 11) is -4.02. The van der Waals surface area contributed by atoms with E-state index in [0.29, 0.717) is 34.6 Å². The number of nitrogens with zero attached hydrogens (tertiary/aromatic N) is 3. The normalized spacial score (nSPS) is 12.4. The van der Waals surface area contributed by atoms with E-state index in [1.54, 1.807) is 59.1 Å². The summed E-state index contributed by atoms with van der Waals surface area (Å²) < 4.78 is 37.9. The average molecular weight is 944 g/mol. The maximum Gasteiger partial charge on any atom is 0.261 e. The van der Waals surface area contributed by atoms with Crippen molar-refractivity contribution in [1.29, 1.82) is 0 Å². The molecule has 0 saturated carbocycles. The van der Waals surface area contributed by atoms with Crippen molar-refractivity contribution in [3.05, 3.63) is 131 Å². The number of fused-ring (bicyclic) bond motifs is 1. The van der Waals surface area contributed by atoms with Gasteiger partial charge in [-0.05, 0) is 97.8 Å². The molecule has 0 saturated heterocycles. The Morgan fingerprint density at radius 2 is 1.37 bits per heavy atom. The van der Waals surface area contributed by atoms with Crippen LogP contribution in [0.4, 0.5) is 11.4 Å². The van der Waals surface area contributed by atoms with Crippen LogP contribution < -0.4 is 20.1 Å². The van der Waals surface area contributed by atoms with Crippen molar-refractivity contribution in [3.63, 3.8) is 0 Å². The summed E-state index contributed by atoms with van der Waals surface area (Å²) in [4.78, 5) is 28.4. The monoisotopic (exact) mass is 944 g/mol. The molecule has 2 heterocycles. The van der Waals surface area contributed by atoms with E-state index in [0.717, 1.165) is 36.1 Å². The van der Waals surface area contributed by atoms with Crippen LogP contribution in [0.1, 0.15) is 181 Å². The second-order valence-corrected chi connectivity index (χ2v) is 21.3. The summed E-state index contributed by atoms with van der Waals surface area (Å²) >= 11 is 0. The largest absolute Gasteiger partial charge is 0.457 e. The van der Waals surface area contributed by atoms with E-state index >= 15 is 0 Å². The van der Waals surface area contributed by atoms with Gasteiger partial charge in [0, 0.05) is 22.9 Å². The molecule has 1 unspecified atom stereocenters. The molecule has 0 aliphatic rings. The zero-order chi connectivity index (χ0) is 48.7. The number of aromatic amines is 1. The van der Waals surface area contributed by atoms with E-state index in [1.807, 2.05) is 43.3 Å². The summed E-state index contributed by atoms with van der Waals surface area (Å²) in [6.07, 6.45) is 18.7. The number of carbonyl (C=O) groups is 2. The predicted octanol–water partition coefficient (Wildman–Crippen LogP) is 13.5. The fraction of sp³-hybridized carbons (Fsp3) is 0.455. The van der Waals surface area contributed by atoms with E-state index in [4.69, 9.17) is 4.74 Å². The van der Waals surface area contributed by atoms with E-state index < -0.39 is 27.9 Å². The van der Waals surface area contributed by atoms with Gasteiger partial charge in [-0.15, -0.1) is 10.2 Å². The van der Waals surface area contributed by atoms with Crippen LogP contribution in [-0.4, -0.2) is 40.0 Å². The molecule has 0 spiro atoms. The number of ether oxygens (including phenoxy) is 1. The van der Waals surface area contributed by atoms with Crippen LogP contribution in [0, 0.1) is 5.92 Å². The van der Waals surface area contributed by atoms with Crippen LogP contribution in [0.3, 0.4) is 0 Å². The number of sulfonamides is 1. The number of hydrogen-bond donors (Lipinski definition) is 4. The lowest BCUT2D eigenvalue weighted by Gasteiger charge is -2.18. The highest BCUT2D eigenvalue weighted by atomic mass is 32.2. The fourth-order valence-electron chi connectivity index (χ4n) is 8.36. The quantitative estimate of drug-likeness (QED) is 0.0394. The average Bonchev–Trinajstić information content (AvgIpc) is 3.91. The zero-order valence-electron chi connectivity index (χ0n) is 41.3. The van der Waals surface area contributed by atoms with Gasteiger partial charge in [0.15, 0.2) is 11.5 Å². The molecule has 0 aliphatic heterocycles. The van der Waals surface area contributed by atoms with Crippen LogP contribution in [-0.2, 0) is 28.3 Å². The SMILES string of the molecule is CCCCCCCCCCCCCCCc1cccc(Oc2ccc(NC(=O)c3ccccc3NS(=O)(=O)c3ccc(CC(C)C)cc3)cc2C(=O)NC(C)c2nnc3cc(C(C)(C)C)[nH]n23)c1. The lowest BCUT2D eigenvalue weighted by molar-refractivity contribution is 0.0934. The third-order valence-corrected chi connectivity index (χ3v) is 13.6. The number of anilines is 2. The molecule has 1 atom stereocenters. The molecule has 0 fully saturated rings. The predicted molar refractivity (Wildman–Crippen MR) is 274 cm³/mol. The van der Waals surface area contributed by atoms with Gasteiger partial charge >= 0.3 is 0 Å². The van der Waals surface area contributed by atoms with Gasteiger partial charge in [-0.1, -0.05) is 155 Å². The molecule has 68 heavy (non-hydrogen) atoms. The topological polar surface area (TPSA) is 160 Å². The first-order chi connectivity index (χ1) is 32.6. The molecule has 6 aromatic rings. The third kappa shape index (κ3) is 14.8. The minimum atomic E-state index is -4.02. The van der Waals surface area contributed by atoms with E-state index in [2.05, 4.69) is 78.3 Å². The smallest absolute Gasteiger partial charge is 0.261 e. The highest BCUT2D eigenvalue weighted by molar-refractivity contribution is 7.92. The molecule has 4 N–H and O–H groups in total. The lowest BCUT2D eigenvalue weighted by Crippen LogP contribution is -2.28. The second-order valence-electron chi connectivity index (χ2n) is 19.7. The molecular weight excluding hydrogens is 871 g/mol. The Balaban J connectivity index is 1.15. The number of benzene rings is 4. The van der Waals surface area contributed by atoms with E-state index in [1.165, 1.54) is 77.0 Å². The fourth-order valence-corrected chi connectivity index (χ4v) is 9.44. The van der Waals surface area contributed by atoms with Crippen molar-refractivity contribution >= 4 is 38.9 Å². The Hall–Kier alpha value is -5.95. The van der Waals surface area contributed by atoms with Crippen molar-refractivity contribution in [2.24, 2.45) is 5.92 Å². The number of unbranched alkanes of at least 4 members (excludes halogenated alkanes) is 12. The summed E-state index contributed by atoms with van der Waals surface area (Å²) in [5, 5.41) is 18.1. The Labute approximate surface area is 404 Å². The number of para-hydroxylation sites is 1. The van der Waals surface area contributed by atoms with E-state index in [-0.39, 0.29) is 27.1 Å². The molecule has 2 amide bonds. The number of hydrogen-bond acceptors (Lipinski definition) is 7. The molecule has 2 aromatic heterocycles. The Morgan fingerprint density at radius 1 is 0.706 bits per heavy atom. The van der Waals surface area contributed by atoms with Crippen LogP contribution in [0.25, 0.3) is 5.65 Å². The van der Waals surface area contributed by atoms with Gasteiger partial charge in [-0.3, -0.25) is 19.4 Å². The first kappa shape index (κ1) is 51.4. The van der Waals surface area contributed by atoms with E-state index in [9.17, 15) is 18.0 Å². The summed E-state index contributed by atoms with van der Waals surface area (Å²) in [5.41, 5.74) is 4.34. The van der Waals surface area contributed by atoms with Crippen molar-refractivity contribution in [1.82, 2.24) is 25.1 Å². The zero-order valence-corrected chi connectivity index (χ0v) is 42.1. The van der Waals surface area contributed by atoms with Gasteiger partial charge in [-0.2, -0.15) is 0 Å². The maximum absolute atomic E-state index is 14.4. The van der Waals surface area contributed by atoms with Crippen molar-refractivity contribution < 1.29 is 22.7 Å². The molecule has 0 aliphatic carbocycles. The van der Waals surface area contributed by atoms with Crippen LogP contribution >= 0.6 is 0 Å². The van der Waals surface area contributed by atoms with Gasteiger partial charge in [0.05, 0.1) is 27.8 Å². The first-order valence-corrected chi connectivity index (χ1v) is 26.3. The molecule has 0 bridgehead atoms. The molecule has 4 aromatic carbocycles. The number of rotatable bonds is 26. The minimum Gasteiger partial charge on any atom is -0.457 e. The Bertz CT molecular complexity index is 2680. The third-order valence-electron chi connectivity index (χ3n) is 12.2. The highest BCUT2D eigenvalue weighted by Crippen LogP contribution is 2.31. The number of carbonyl (C=O) groups excluding carboxylic acids is 2. The van der Waals surface area contributed by atoms with Crippen molar-refractivity contribution in [3.8, 4) is 11.5 Å². The van der Waals surface area contributed by atoms with Gasteiger partial charge in [0.2, 0.25) is 0 Å². The highest BCUT2D eigenvalue weighted by Gasteiger charge is 2.25. The number of nitrogens with one attached hydrogen (secondary N) is 4. The molecule has 0 radical (unpaired) electrons.